The molecule has 0 aliphatic carbocycles. The number of rotatable bonds is 7. The summed E-state index contributed by atoms with van der Waals surface area (Å²) in [6, 6.07) is 15.1. The summed E-state index contributed by atoms with van der Waals surface area (Å²) in [4.78, 5) is 25.8. The monoisotopic (exact) mass is 406 g/mol. The number of aromatic nitrogens is 3. The molecule has 8 heteroatoms. The second kappa shape index (κ2) is 8.66. The zero-order chi connectivity index (χ0) is 20.1. The predicted molar refractivity (Wildman–Crippen MR) is 111 cm³/mol. The van der Waals surface area contributed by atoms with Crippen molar-refractivity contribution in [3.05, 3.63) is 66.6 Å². The first kappa shape index (κ1) is 18.8. The molecule has 0 unspecified atom stereocenters. The van der Waals surface area contributed by atoms with E-state index in [1.165, 1.54) is 17.5 Å². The summed E-state index contributed by atoms with van der Waals surface area (Å²) in [5.74, 6) is 1.15. The van der Waals surface area contributed by atoms with Gasteiger partial charge in [-0.05, 0) is 36.4 Å². The van der Waals surface area contributed by atoms with Crippen molar-refractivity contribution in [3.8, 4) is 22.2 Å². The standard InChI is InChI=1S/C21H18N4O3S/c1-27-14-6-8-15(9-7-14)28-13-12-24-20(26)18-19(23-11-10-22-18)21-25-16-4-2-3-5-17(16)29-21/h2-11H,12-13H2,1H3,(H,24,26). The minimum absolute atomic E-state index is 0.246. The Morgan fingerprint density at radius 3 is 2.59 bits per heavy atom. The van der Waals surface area contributed by atoms with E-state index < -0.39 is 0 Å². The fourth-order valence-corrected chi connectivity index (χ4v) is 3.69. The molecule has 4 aromatic rings. The molecule has 2 aromatic carbocycles. The Morgan fingerprint density at radius 1 is 1.03 bits per heavy atom. The molecule has 0 atom stereocenters. The summed E-state index contributed by atoms with van der Waals surface area (Å²) < 4.78 is 11.8. The highest BCUT2D eigenvalue weighted by atomic mass is 32.1. The van der Waals surface area contributed by atoms with Crippen LogP contribution in [-0.4, -0.2) is 41.1 Å². The molecule has 4 rings (SSSR count). The second-order valence-electron chi connectivity index (χ2n) is 6.02. The molecule has 0 saturated heterocycles. The van der Waals surface area contributed by atoms with Gasteiger partial charge in [0, 0.05) is 12.4 Å². The average Bonchev–Trinajstić information content (AvgIpc) is 3.21. The summed E-state index contributed by atoms with van der Waals surface area (Å²) in [6.07, 6.45) is 3.06. The number of carbonyl (C=O) groups is 1. The Morgan fingerprint density at radius 2 is 1.79 bits per heavy atom. The number of methoxy groups -OCH3 is 1. The van der Waals surface area contributed by atoms with Gasteiger partial charge in [0.1, 0.15) is 28.8 Å². The smallest absolute Gasteiger partial charge is 0.272 e. The van der Waals surface area contributed by atoms with E-state index >= 15 is 0 Å². The first-order chi connectivity index (χ1) is 14.2. The Hall–Kier alpha value is -3.52. The number of thiazole rings is 1. The quantitative estimate of drug-likeness (QED) is 0.472. The number of ether oxygens (including phenoxy) is 2. The molecule has 0 aliphatic rings. The van der Waals surface area contributed by atoms with Crippen molar-refractivity contribution in [3.63, 3.8) is 0 Å². The van der Waals surface area contributed by atoms with E-state index in [9.17, 15) is 4.79 Å². The van der Waals surface area contributed by atoms with E-state index in [1.54, 1.807) is 13.3 Å². The second-order valence-corrected chi connectivity index (χ2v) is 7.05. The lowest BCUT2D eigenvalue weighted by molar-refractivity contribution is 0.0942. The van der Waals surface area contributed by atoms with Crippen LogP contribution in [0.5, 0.6) is 11.5 Å². The van der Waals surface area contributed by atoms with Crippen LogP contribution < -0.4 is 14.8 Å². The van der Waals surface area contributed by atoms with Crippen LogP contribution in [0.1, 0.15) is 10.5 Å². The molecule has 29 heavy (non-hydrogen) atoms. The first-order valence-corrected chi connectivity index (χ1v) is 9.78. The SMILES string of the molecule is COc1ccc(OCCNC(=O)c2nccnc2-c2nc3ccccc3s2)cc1. The molecule has 1 N–H and O–H groups in total. The molecule has 146 valence electrons. The van der Waals surface area contributed by atoms with Gasteiger partial charge < -0.3 is 14.8 Å². The average molecular weight is 406 g/mol. The Balaban J connectivity index is 1.41. The number of amides is 1. The molecule has 1 amide bonds. The van der Waals surface area contributed by atoms with Gasteiger partial charge in [0.2, 0.25) is 0 Å². The summed E-state index contributed by atoms with van der Waals surface area (Å²) in [5, 5.41) is 3.49. The van der Waals surface area contributed by atoms with E-state index in [1.807, 2.05) is 48.5 Å². The van der Waals surface area contributed by atoms with Gasteiger partial charge in [-0.3, -0.25) is 4.79 Å². The third kappa shape index (κ3) is 4.33. The summed E-state index contributed by atoms with van der Waals surface area (Å²) in [5.41, 5.74) is 1.59. The largest absolute Gasteiger partial charge is 0.497 e. The van der Waals surface area contributed by atoms with E-state index in [0.29, 0.717) is 29.6 Å². The van der Waals surface area contributed by atoms with Gasteiger partial charge in [-0.2, -0.15) is 0 Å². The van der Waals surface area contributed by atoms with Crippen LogP contribution in [0, 0.1) is 0 Å². The maximum atomic E-state index is 12.6. The van der Waals surface area contributed by atoms with Gasteiger partial charge >= 0.3 is 0 Å². The van der Waals surface area contributed by atoms with Gasteiger partial charge in [-0.1, -0.05) is 12.1 Å². The molecule has 7 nitrogen and oxygen atoms in total. The zero-order valence-corrected chi connectivity index (χ0v) is 16.5. The van der Waals surface area contributed by atoms with Crippen LogP contribution in [0.25, 0.3) is 20.9 Å². The number of fused-ring (bicyclic) bond motifs is 1. The predicted octanol–water partition coefficient (Wildman–Crippen LogP) is 3.57. The van der Waals surface area contributed by atoms with Gasteiger partial charge in [-0.25, -0.2) is 15.0 Å². The molecule has 0 bridgehead atoms. The number of carbonyl (C=O) groups excluding carboxylic acids is 1. The van der Waals surface area contributed by atoms with Crippen LogP contribution in [-0.2, 0) is 0 Å². The van der Waals surface area contributed by atoms with Crippen molar-refractivity contribution in [2.45, 2.75) is 0 Å². The topological polar surface area (TPSA) is 86.2 Å². The highest BCUT2D eigenvalue weighted by Crippen LogP contribution is 2.30. The summed E-state index contributed by atoms with van der Waals surface area (Å²) >= 11 is 1.48. The molecule has 2 heterocycles. The Labute approximate surface area is 171 Å². The van der Waals surface area contributed by atoms with E-state index in [-0.39, 0.29) is 11.6 Å². The number of para-hydroxylation sites is 1. The summed E-state index contributed by atoms with van der Waals surface area (Å²) in [6.45, 7) is 0.662. The third-order valence-corrected chi connectivity index (χ3v) is 5.17. The van der Waals surface area contributed by atoms with E-state index in [0.717, 1.165) is 16.0 Å². The lowest BCUT2D eigenvalue weighted by Gasteiger charge is -2.09. The number of hydrogen-bond donors (Lipinski definition) is 1. The molecule has 2 aromatic heterocycles. The van der Waals surface area contributed by atoms with Crippen molar-refractivity contribution < 1.29 is 14.3 Å². The number of benzene rings is 2. The molecular formula is C21H18N4O3S. The fraction of sp³-hybridized carbons (Fsp3) is 0.143. The van der Waals surface area contributed by atoms with Crippen LogP contribution in [0.4, 0.5) is 0 Å². The van der Waals surface area contributed by atoms with Crippen molar-refractivity contribution in [2.75, 3.05) is 20.3 Å². The maximum absolute atomic E-state index is 12.6. The van der Waals surface area contributed by atoms with Crippen molar-refractivity contribution in [1.82, 2.24) is 20.3 Å². The molecule has 0 aliphatic heterocycles. The molecule has 0 fully saturated rings. The first-order valence-electron chi connectivity index (χ1n) is 8.96. The van der Waals surface area contributed by atoms with Gasteiger partial charge in [0.25, 0.3) is 5.91 Å². The molecule has 0 spiro atoms. The van der Waals surface area contributed by atoms with Gasteiger partial charge in [0.05, 0.1) is 23.9 Å². The van der Waals surface area contributed by atoms with Crippen LogP contribution >= 0.6 is 11.3 Å². The van der Waals surface area contributed by atoms with E-state index in [4.69, 9.17) is 9.47 Å². The minimum Gasteiger partial charge on any atom is -0.497 e. The molecular weight excluding hydrogens is 388 g/mol. The van der Waals surface area contributed by atoms with Gasteiger partial charge in [0.15, 0.2) is 5.69 Å². The number of hydrogen-bond acceptors (Lipinski definition) is 7. The molecule has 0 radical (unpaired) electrons. The Bertz CT molecular complexity index is 1100. The third-order valence-electron chi connectivity index (χ3n) is 4.13. The fourth-order valence-electron chi connectivity index (χ4n) is 2.72. The highest BCUT2D eigenvalue weighted by molar-refractivity contribution is 7.21. The van der Waals surface area contributed by atoms with Crippen molar-refractivity contribution >= 4 is 27.5 Å². The van der Waals surface area contributed by atoms with Crippen molar-refractivity contribution in [2.24, 2.45) is 0 Å². The molecule has 0 saturated carbocycles. The van der Waals surface area contributed by atoms with E-state index in [2.05, 4.69) is 20.3 Å². The van der Waals surface area contributed by atoms with Crippen molar-refractivity contribution in [1.29, 1.82) is 0 Å². The lowest BCUT2D eigenvalue weighted by atomic mass is 10.3. The normalized spacial score (nSPS) is 10.7. The van der Waals surface area contributed by atoms with Crippen LogP contribution in [0.3, 0.4) is 0 Å². The maximum Gasteiger partial charge on any atom is 0.272 e. The minimum atomic E-state index is -0.314. The Kier molecular flexibility index (Phi) is 5.62. The van der Waals surface area contributed by atoms with Gasteiger partial charge in [-0.15, -0.1) is 11.3 Å². The summed E-state index contributed by atoms with van der Waals surface area (Å²) in [7, 11) is 1.61. The number of nitrogens with one attached hydrogen (secondary N) is 1. The highest BCUT2D eigenvalue weighted by Gasteiger charge is 2.18. The van der Waals surface area contributed by atoms with Crippen LogP contribution in [0.15, 0.2) is 60.9 Å². The number of nitrogens with zero attached hydrogens (tertiary/aromatic N) is 3. The zero-order valence-electron chi connectivity index (χ0n) is 15.7. The van der Waals surface area contributed by atoms with Crippen LogP contribution in [0.2, 0.25) is 0 Å². The lowest BCUT2D eigenvalue weighted by Crippen LogP contribution is -2.29.